The Hall–Kier alpha value is -1.92. The summed E-state index contributed by atoms with van der Waals surface area (Å²) in [6, 6.07) is 0.0314. The largest absolute Gasteiger partial charge is 0.476 e. The van der Waals surface area contributed by atoms with E-state index in [2.05, 4.69) is 10.3 Å². The van der Waals surface area contributed by atoms with E-state index in [1.54, 1.807) is 4.90 Å². The lowest BCUT2D eigenvalue weighted by Gasteiger charge is -2.40. The first kappa shape index (κ1) is 13.5. The molecule has 1 aromatic heterocycles. The number of carboxylic acid groups (broad SMARTS) is 1. The number of rotatable bonds is 4. The molecule has 0 aliphatic carbocycles. The molecule has 0 spiro atoms. The maximum atomic E-state index is 12.0. The Morgan fingerprint density at radius 1 is 1.37 bits per heavy atom. The molecular weight excluding hydrogens is 248 g/mol. The van der Waals surface area contributed by atoms with Gasteiger partial charge in [0.25, 0.3) is 0 Å². The van der Waals surface area contributed by atoms with Crippen LogP contribution in [0.15, 0.2) is 6.20 Å². The molecule has 1 fully saturated rings. The molecule has 1 atom stereocenters. The van der Waals surface area contributed by atoms with Gasteiger partial charge >= 0.3 is 5.97 Å². The van der Waals surface area contributed by atoms with E-state index < -0.39 is 5.97 Å². The van der Waals surface area contributed by atoms with Gasteiger partial charge in [0.15, 0.2) is 5.69 Å². The predicted molar refractivity (Wildman–Crippen MR) is 66.6 cm³/mol. The third-order valence-electron chi connectivity index (χ3n) is 3.67. The molecule has 1 amide bonds. The van der Waals surface area contributed by atoms with Gasteiger partial charge in [-0.3, -0.25) is 4.79 Å². The molecular formula is C12H18N4O3. The molecule has 1 aliphatic rings. The number of hydrogen-bond acceptors (Lipinski definition) is 4. The van der Waals surface area contributed by atoms with E-state index in [-0.39, 0.29) is 23.6 Å². The van der Waals surface area contributed by atoms with Crippen molar-refractivity contribution in [1.29, 1.82) is 0 Å². The molecule has 7 heteroatoms. The third kappa shape index (κ3) is 2.59. The SMILES string of the molecule is CC(C)C(C)C(=O)N1CC(n2cc(C(=O)O)nn2)C1. The zero-order valence-corrected chi connectivity index (χ0v) is 11.3. The molecule has 2 rings (SSSR count). The predicted octanol–water partition coefficient (Wildman–Crippen LogP) is 0.652. The van der Waals surface area contributed by atoms with Crippen molar-refractivity contribution in [2.45, 2.75) is 26.8 Å². The number of aromatic nitrogens is 3. The number of carbonyl (C=O) groups is 2. The van der Waals surface area contributed by atoms with E-state index in [4.69, 9.17) is 5.11 Å². The maximum absolute atomic E-state index is 12.0. The van der Waals surface area contributed by atoms with Crippen LogP contribution in [0.1, 0.15) is 37.3 Å². The number of carboxylic acids is 1. The summed E-state index contributed by atoms with van der Waals surface area (Å²) in [5.41, 5.74) is -0.0691. The van der Waals surface area contributed by atoms with Gasteiger partial charge in [0, 0.05) is 19.0 Å². The Balaban J connectivity index is 1.92. The van der Waals surface area contributed by atoms with Crippen molar-refractivity contribution in [3.8, 4) is 0 Å². The van der Waals surface area contributed by atoms with E-state index in [1.807, 2.05) is 20.8 Å². The van der Waals surface area contributed by atoms with Gasteiger partial charge in [0.1, 0.15) is 0 Å². The summed E-state index contributed by atoms with van der Waals surface area (Å²) in [6.07, 6.45) is 1.40. The van der Waals surface area contributed by atoms with Crippen molar-refractivity contribution >= 4 is 11.9 Å². The molecule has 1 unspecified atom stereocenters. The van der Waals surface area contributed by atoms with Crippen molar-refractivity contribution in [1.82, 2.24) is 19.9 Å². The average molecular weight is 266 g/mol. The normalized spacial score (nSPS) is 17.4. The number of carbonyl (C=O) groups excluding carboxylic acids is 1. The summed E-state index contributed by atoms with van der Waals surface area (Å²) in [4.78, 5) is 24.5. The second-order valence-electron chi connectivity index (χ2n) is 5.32. The van der Waals surface area contributed by atoms with Gasteiger partial charge in [0.2, 0.25) is 5.91 Å². The van der Waals surface area contributed by atoms with Crippen LogP contribution in [0.3, 0.4) is 0 Å². The minimum Gasteiger partial charge on any atom is -0.476 e. The van der Waals surface area contributed by atoms with Crippen LogP contribution >= 0.6 is 0 Å². The van der Waals surface area contributed by atoms with Crippen LogP contribution in [0.4, 0.5) is 0 Å². The fourth-order valence-electron chi connectivity index (χ4n) is 1.93. The van der Waals surface area contributed by atoms with Crippen LogP contribution in [0.25, 0.3) is 0 Å². The van der Waals surface area contributed by atoms with Crippen LogP contribution in [0.5, 0.6) is 0 Å². The van der Waals surface area contributed by atoms with E-state index in [0.717, 1.165) is 0 Å². The molecule has 104 valence electrons. The van der Waals surface area contributed by atoms with Gasteiger partial charge in [0.05, 0.1) is 12.2 Å². The molecule has 0 saturated carbocycles. The van der Waals surface area contributed by atoms with Gasteiger partial charge < -0.3 is 10.0 Å². The number of hydrogen-bond donors (Lipinski definition) is 1. The van der Waals surface area contributed by atoms with Crippen LogP contribution in [-0.4, -0.2) is 50.0 Å². The molecule has 19 heavy (non-hydrogen) atoms. The van der Waals surface area contributed by atoms with Crippen molar-refractivity contribution in [2.75, 3.05) is 13.1 Å². The Labute approximate surface area is 111 Å². The second-order valence-corrected chi connectivity index (χ2v) is 5.32. The smallest absolute Gasteiger partial charge is 0.358 e. The first-order valence-electron chi connectivity index (χ1n) is 6.34. The molecule has 0 bridgehead atoms. The topological polar surface area (TPSA) is 88.3 Å². The Morgan fingerprint density at radius 2 is 2.00 bits per heavy atom. The van der Waals surface area contributed by atoms with Crippen LogP contribution in [0.2, 0.25) is 0 Å². The van der Waals surface area contributed by atoms with Crippen molar-refractivity contribution in [3.63, 3.8) is 0 Å². The zero-order valence-electron chi connectivity index (χ0n) is 11.3. The number of aromatic carboxylic acids is 1. The van der Waals surface area contributed by atoms with Gasteiger partial charge in [-0.05, 0) is 5.92 Å². The lowest BCUT2D eigenvalue weighted by Crippen LogP contribution is -2.53. The van der Waals surface area contributed by atoms with Crippen LogP contribution in [-0.2, 0) is 4.79 Å². The first-order chi connectivity index (χ1) is 8.90. The Morgan fingerprint density at radius 3 is 2.47 bits per heavy atom. The average Bonchev–Trinajstić information content (AvgIpc) is 2.75. The second kappa shape index (κ2) is 4.99. The fourth-order valence-corrected chi connectivity index (χ4v) is 1.93. The van der Waals surface area contributed by atoms with E-state index in [9.17, 15) is 9.59 Å². The number of nitrogens with zero attached hydrogens (tertiary/aromatic N) is 4. The lowest BCUT2D eigenvalue weighted by atomic mass is 9.94. The monoisotopic (exact) mass is 266 g/mol. The summed E-state index contributed by atoms with van der Waals surface area (Å²) in [5.74, 6) is -0.625. The maximum Gasteiger partial charge on any atom is 0.358 e. The Kier molecular flexibility index (Phi) is 3.55. The highest BCUT2D eigenvalue weighted by atomic mass is 16.4. The quantitative estimate of drug-likeness (QED) is 0.864. The summed E-state index contributed by atoms with van der Waals surface area (Å²) in [7, 11) is 0. The van der Waals surface area contributed by atoms with E-state index >= 15 is 0 Å². The zero-order chi connectivity index (χ0) is 14.2. The van der Waals surface area contributed by atoms with Gasteiger partial charge in [-0.2, -0.15) is 0 Å². The first-order valence-corrected chi connectivity index (χ1v) is 6.34. The molecule has 7 nitrogen and oxygen atoms in total. The van der Waals surface area contributed by atoms with Crippen molar-refractivity contribution in [3.05, 3.63) is 11.9 Å². The summed E-state index contributed by atoms with van der Waals surface area (Å²) in [5, 5.41) is 16.1. The summed E-state index contributed by atoms with van der Waals surface area (Å²) in [6.45, 7) is 7.11. The van der Waals surface area contributed by atoms with E-state index in [0.29, 0.717) is 19.0 Å². The van der Waals surface area contributed by atoms with Gasteiger partial charge in [-0.15, -0.1) is 5.10 Å². The molecule has 1 aliphatic heterocycles. The van der Waals surface area contributed by atoms with Crippen molar-refractivity contribution < 1.29 is 14.7 Å². The van der Waals surface area contributed by atoms with Gasteiger partial charge in [-0.1, -0.05) is 26.0 Å². The fraction of sp³-hybridized carbons (Fsp3) is 0.667. The highest BCUT2D eigenvalue weighted by Crippen LogP contribution is 2.24. The standard InChI is InChI=1S/C12H18N4O3/c1-7(2)8(3)11(17)15-4-9(5-15)16-6-10(12(18)19)13-14-16/h6-9H,4-5H2,1-3H3,(H,18,19). The molecule has 1 saturated heterocycles. The number of amides is 1. The minimum absolute atomic E-state index is 0.00581. The highest BCUT2D eigenvalue weighted by Gasteiger charge is 2.35. The van der Waals surface area contributed by atoms with Crippen molar-refractivity contribution in [2.24, 2.45) is 11.8 Å². The molecule has 0 radical (unpaired) electrons. The third-order valence-corrected chi connectivity index (χ3v) is 3.67. The van der Waals surface area contributed by atoms with Crippen LogP contribution < -0.4 is 0 Å². The molecule has 1 N–H and O–H groups in total. The Bertz CT molecular complexity index is 491. The van der Waals surface area contributed by atoms with E-state index in [1.165, 1.54) is 10.9 Å². The molecule has 0 aromatic carbocycles. The summed E-state index contributed by atoms with van der Waals surface area (Å²) >= 11 is 0. The lowest BCUT2D eigenvalue weighted by molar-refractivity contribution is -0.142. The minimum atomic E-state index is -1.09. The molecule has 1 aromatic rings. The summed E-state index contributed by atoms with van der Waals surface area (Å²) < 4.78 is 1.52. The molecule has 2 heterocycles. The van der Waals surface area contributed by atoms with Gasteiger partial charge in [-0.25, -0.2) is 9.48 Å². The highest BCUT2D eigenvalue weighted by molar-refractivity contribution is 5.84. The van der Waals surface area contributed by atoms with Crippen LogP contribution in [0, 0.1) is 11.8 Å². The number of likely N-dealkylation sites (tertiary alicyclic amines) is 1.